The molecule has 2 rings (SSSR count). The lowest BCUT2D eigenvalue weighted by Crippen LogP contribution is -2.17. The summed E-state index contributed by atoms with van der Waals surface area (Å²) in [6.07, 6.45) is -4.78. The molecule has 2 aromatic rings. The molecule has 0 bridgehead atoms. The summed E-state index contributed by atoms with van der Waals surface area (Å²) in [5.74, 6) is -1.43. The summed E-state index contributed by atoms with van der Waals surface area (Å²) in [6, 6.07) is 7.69. The number of carbonyl (C=O) groups is 1. The second-order valence-corrected chi connectivity index (χ2v) is 3.81. The van der Waals surface area contributed by atoms with Crippen LogP contribution in [0.1, 0.15) is 10.5 Å². The number of alkyl halides is 3. The van der Waals surface area contributed by atoms with Crippen LogP contribution in [0.3, 0.4) is 0 Å². The third-order valence-electron chi connectivity index (χ3n) is 2.22. The molecule has 1 heterocycles. The molecule has 110 valence electrons. The van der Waals surface area contributed by atoms with E-state index in [1.54, 1.807) is 0 Å². The molecule has 0 saturated carbocycles. The van der Waals surface area contributed by atoms with Gasteiger partial charge in [-0.1, -0.05) is 6.07 Å². The summed E-state index contributed by atoms with van der Waals surface area (Å²) >= 11 is 0. The Morgan fingerprint density at radius 2 is 1.95 bits per heavy atom. The fraction of sp³-hybridized carbons (Fsp3) is 0.0833. The molecule has 0 radical (unpaired) electrons. The van der Waals surface area contributed by atoms with E-state index in [9.17, 15) is 18.0 Å². The molecule has 9 heteroatoms. The second kappa shape index (κ2) is 5.65. The predicted octanol–water partition coefficient (Wildman–Crippen LogP) is 2.82. The lowest BCUT2D eigenvalue weighted by molar-refractivity contribution is -0.274. The Bertz CT molecular complexity index is 644. The van der Waals surface area contributed by atoms with Gasteiger partial charge in [-0.05, 0) is 24.3 Å². The molecule has 2 N–H and O–H groups in total. The van der Waals surface area contributed by atoms with Gasteiger partial charge in [0.1, 0.15) is 5.75 Å². The van der Waals surface area contributed by atoms with Crippen molar-refractivity contribution in [1.82, 2.24) is 10.2 Å². The van der Waals surface area contributed by atoms with E-state index in [2.05, 4.69) is 20.3 Å². The van der Waals surface area contributed by atoms with Crippen LogP contribution in [0.15, 0.2) is 36.4 Å². The maximum Gasteiger partial charge on any atom is 0.573 e. The largest absolute Gasteiger partial charge is 0.573 e. The van der Waals surface area contributed by atoms with Gasteiger partial charge in [0.05, 0.1) is 0 Å². The highest BCUT2D eigenvalue weighted by Gasteiger charge is 2.31. The van der Waals surface area contributed by atoms with Crippen molar-refractivity contribution in [3.8, 4) is 5.75 Å². The summed E-state index contributed by atoms with van der Waals surface area (Å²) in [6.45, 7) is 0. The first-order valence-corrected chi connectivity index (χ1v) is 5.53. The third kappa shape index (κ3) is 4.34. The summed E-state index contributed by atoms with van der Waals surface area (Å²) in [4.78, 5) is 10.6. The molecule has 21 heavy (non-hydrogen) atoms. The molecule has 0 unspecified atom stereocenters. The predicted molar refractivity (Wildman–Crippen MR) is 65.4 cm³/mol. The van der Waals surface area contributed by atoms with Crippen molar-refractivity contribution < 1.29 is 27.8 Å². The third-order valence-corrected chi connectivity index (χ3v) is 2.22. The SMILES string of the molecule is O=C(O)c1ccc(Nc2cccc(OC(F)(F)F)c2)nn1. The molecule has 1 aromatic heterocycles. The number of nitrogens with zero attached hydrogens (tertiary/aromatic N) is 2. The van der Waals surface area contributed by atoms with E-state index in [0.29, 0.717) is 0 Å². The number of hydrogen-bond donors (Lipinski definition) is 2. The highest BCUT2D eigenvalue weighted by Crippen LogP contribution is 2.26. The number of aromatic carboxylic acids is 1. The first-order valence-electron chi connectivity index (χ1n) is 5.53. The number of carboxylic acid groups (broad SMARTS) is 1. The van der Waals surface area contributed by atoms with Gasteiger partial charge < -0.3 is 15.2 Å². The summed E-state index contributed by atoms with van der Waals surface area (Å²) in [5, 5.41) is 18.4. The van der Waals surface area contributed by atoms with Crippen LogP contribution in [-0.4, -0.2) is 27.6 Å². The van der Waals surface area contributed by atoms with Crippen LogP contribution in [0.5, 0.6) is 5.75 Å². The molecule has 0 saturated heterocycles. The molecular weight excluding hydrogens is 291 g/mol. The number of rotatable bonds is 4. The zero-order chi connectivity index (χ0) is 15.5. The summed E-state index contributed by atoms with van der Waals surface area (Å²) in [7, 11) is 0. The zero-order valence-electron chi connectivity index (χ0n) is 10.3. The van der Waals surface area contributed by atoms with Crippen molar-refractivity contribution in [2.45, 2.75) is 6.36 Å². The number of nitrogens with one attached hydrogen (secondary N) is 1. The van der Waals surface area contributed by atoms with E-state index >= 15 is 0 Å². The number of aromatic nitrogens is 2. The van der Waals surface area contributed by atoms with Gasteiger partial charge in [-0.15, -0.1) is 23.4 Å². The van der Waals surface area contributed by atoms with E-state index in [0.717, 1.165) is 12.1 Å². The van der Waals surface area contributed by atoms with Crippen molar-refractivity contribution in [2.24, 2.45) is 0 Å². The molecule has 0 aliphatic rings. The topological polar surface area (TPSA) is 84.3 Å². The first kappa shape index (κ1) is 14.6. The number of halogens is 3. The minimum absolute atomic E-state index is 0.184. The fourth-order valence-electron chi connectivity index (χ4n) is 1.43. The molecule has 1 aromatic carbocycles. The van der Waals surface area contributed by atoms with Crippen LogP contribution in [0.2, 0.25) is 0 Å². The Morgan fingerprint density at radius 1 is 1.19 bits per heavy atom. The Labute approximate surface area is 116 Å². The normalized spacial score (nSPS) is 11.0. The molecular formula is C12H8F3N3O3. The minimum atomic E-state index is -4.78. The van der Waals surface area contributed by atoms with Crippen molar-refractivity contribution in [3.05, 3.63) is 42.1 Å². The standard InChI is InChI=1S/C12H8F3N3O3/c13-12(14,15)21-8-3-1-2-7(6-8)16-10-5-4-9(11(19)20)17-18-10/h1-6H,(H,16,18)(H,19,20). The monoisotopic (exact) mass is 299 g/mol. The van der Waals surface area contributed by atoms with Crippen LogP contribution in [-0.2, 0) is 0 Å². The van der Waals surface area contributed by atoms with Crippen LogP contribution in [0, 0.1) is 0 Å². The van der Waals surface area contributed by atoms with Gasteiger partial charge in [-0.25, -0.2) is 4.79 Å². The van der Waals surface area contributed by atoms with Gasteiger partial charge in [-0.2, -0.15) is 0 Å². The average molecular weight is 299 g/mol. The summed E-state index contributed by atoms with van der Waals surface area (Å²) < 4.78 is 40.1. The number of carboxylic acids is 1. The molecule has 6 nitrogen and oxygen atoms in total. The maximum atomic E-state index is 12.1. The highest BCUT2D eigenvalue weighted by molar-refractivity contribution is 5.85. The van der Waals surface area contributed by atoms with Crippen molar-refractivity contribution in [1.29, 1.82) is 0 Å². The Kier molecular flexibility index (Phi) is 3.92. The van der Waals surface area contributed by atoms with E-state index in [1.807, 2.05) is 0 Å². The molecule has 0 spiro atoms. The van der Waals surface area contributed by atoms with Gasteiger partial charge in [0.15, 0.2) is 11.5 Å². The van der Waals surface area contributed by atoms with Crippen molar-refractivity contribution in [3.63, 3.8) is 0 Å². The lowest BCUT2D eigenvalue weighted by Gasteiger charge is -2.10. The maximum absolute atomic E-state index is 12.1. The smallest absolute Gasteiger partial charge is 0.476 e. The zero-order valence-corrected chi connectivity index (χ0v) is 10.3. The van der Waals surface area contributed by atoms with Gasteiger partial charge >= 0.3 is 12.3 Å². The van der Waals surface area contributed by atoms with Crippen molar-refractivity contribution in [2.75, 3.05) is 5.32 Å². The first-order chi connectivity index (χ1) is 9.83. The number of benzene rings is 1. The average Bonchev–Trinajstić information content (AvgIpc) is 2.37. The number of anilines is 2. The fourth-order valence-corrected chi connectivity index (χ4v) is 1.43. The molecule has 0 amide bonds. The van der Waals surface area contributed by atoms with E-state index in [4.69, 9.17) is 5.11 Å². The van der Waals surface area contributed by atoms with Crippen LogP contribution in [0.4, 0.5) is 24.7 Å². The summed E-state index contributed by atoms with van der Waals surface area (Å²) in [5.41, 5.74) is 0.0452. The van der Waals surface area contributed by atoms with E-state index in [1.165, 1.54) is 24.3 Å². The van der Waals surface area contributed by atoms with Gasteiger partial charge in [0.25, 0.3) is 0 Å². The quantitative estimate of drug-likeness (QED) is 0.903. The van der Waals surface area contributed by atoms with Crippen LogP contribution < -0.4 is 10.1 Å². The molecule has 0 aliphatic carbocycles. The van der Waals surface area contributed by atoms with Crippen LogP contribution in [0.25, 0.3) is 0 Å². The second-order valence-electron chi connectivity index (χ2n) is 3.81. The minimum Gasteiger partial charge on any atom is -0.476 e. The highest BCUT2D eigenvalue weighted by atomic mass is 19.4. The molecule has 0 atom stereocenters. The lowest BCUT2D eigenvalue weighted by atomic mass is 10.3. The van der Waals surface area contributed by atoms with Crippen molar-refractivity contribution >= 4 is 17.5 Å². The molecule has 0 fully saturated rings. The Hall–Kier alpha value is -2.84. The number of ether oxygens (including phenoxy) is 1. The van der Waals surface area contributed by atoms with E-state index < -0.39 is 12.3 Å². The number of hydrogen-bond acceptors (Lipinski definition) is 5. The Balaban J connectivity index is 2.12. The van der Waals surface area contributed by atoms with Gasteiger partial charge in [-0.3, -0.25) is 0 Å². The van der Waals surface area contributed by atoms with Gasteiger partial charge in [0.2, 0.25) is 0 Å². The van der Waals surface area contributed by atoms with Gasteiger partial charge in [0, 0.05) is 11.8 Å². The van der Waals surface area contributed by atoms with E-state index in [-0.39, 0.29) is 22.9 Å². The Morgan fingerprint density at radius 3 is 2.52 bits per heavy atom. The molecule has 0 aliphatic heterocycles. The van der Waals surface area contributed by atoms with Crippen LogP contribution >= 0.6 is 0 Å².